The predicted molar refractivity (Wildman–Crippen MR) is 145 cm³/mol. The fourth-order valence-corrected chi connectivity index (χ4v) is 7.59. The zero-order valence-electron chi connectivity index (χ0n) is 24.4. The van der Waals surface area contributed by atoms with Crippen LogP contribution in [0.15, 0.2) is 9.98 Å². The maximum absolute atomic E-state index is 12.0. The van der Waals surface area contributed by atoms with Gasteiger partial charge in [-0.15, -0.1) is 0 Å². The van der Waals surface area contributed by atoms with Gasteiger partial charge in [0, 0.05) is 26.2 Å². The third kappa shape index (κ3) is 10.4. The Kier molecular flexibility index (Phi) is 10.9. The Hall–Kier alpha value is -2.74. The molecular formula is C28H46N4O7. The van der Waals surface area contributed by atoms with Crippen molar-refractivity contribution in [3.05, 3.63) is 0 Å². The van der Waals surface area contributed by atoms with E-state index in [4.69, 9.17) is 4.74 Å². The van der Waals surface area contributed by atoms with Crippen LogP contribution in [-0.4, -0.2) is 95.8 Å². The topological polar surface area (TPSA) is 149 Å². The van der Waals surface area contributed by atoms with Crippen molar-refractivity contribution in [2.45, 2.75) is 92.2 Å². The first kappa shape index (κ1) is 32.5. The van der Waals surface area contributed by atoms with E-state index >= 15 is 0 Å². The van der Waals surface area contributed by atoms with Crippen LogP contribution in [0, 0.1) is 21.7 Å². The molecule has 11 heteroatoms. The summed E-state index contributed by atoms with van der Waals surface area (Å²) >= 11 is 0. The van der Waals surface area contributed by atoms with Crippen molar-refractivity contribution in [1.82, 2.24) is 9.80 Å². The highest BCUT2D eigenvalue weighted by molar-refractivity contribution is 5.65. The highest BCUT2D eigenvalue weighted by atomic mass is 16.5. The van der Waals surface area contributed by atoms with E-state index in [-0.39, 0.29) is 60.0 Å². The molecule has 0 aliphatic heterocycles. The van der Waals surface area contributed by atoms with Gasteiger partial charge in [0.05, 0.1) is 25.3 Å². The van der Waals surface area contributed by atoms with Gasteiger partial charge in [-0.25, -0.2) is 29.2 Å². The summed E-state index contributed by atoms with van der Waals surface area (Å²) in [6, 6.07) is -0.357. The number of aliphatic imine (C=N–C) groups is 2. The number of carbonyl (C=O) groups excluding carboxylic acids is 2. The van der Waals surface area contributed by atoms with E-state index in [1.165, 1.54) is 9.80 Å². The van der Waals surface area contributed by atoms with Crippen molar-refractivity contribution >= 4 is 24.3 Å². The summed E-state index contributed by atoms with van der Waals surface area (Å²) in [5, 5.41) is 19.6. The molecule has 0 heterocycles. The monoisotopic (exact) mass is 550 g/mol. The standard InChI is InChI=1S/C28H46N4O7/c1-25(2)11-21(29-19-33)13-27(5,15-25)17-31(23(35)36)7-9-39-10-8-32(24(37)38)18-28(6)14-22(30-20-34)12-26(3,4)16-28/h21-22H,7-18H2,1-6H3,(H,35,36)(H,37,38). The lowest BCUT2D eigenvalue weighted by atomic mass is 9.62. The van der Waals surface area contributed by atoms with Crippen molar-refractivity contribution in [2.75, 3.05) is 39.4 Å². The normalized spacial score (nSPS) is 29.4. The van der Waals surface area contributed by atoms with Crippen molar-refractivity contribution in [3.8, 4) is 0 Å². The highest BCUT2D eigenvalue weighted by Crippen LogP contribution is 2.48. The quantitative estimate of drug-likeness (QED) is 0.201. The molecule has 0 radical (unpaired) electrons. The summed E-state index contributed by atoms with van der Waals surface area (Å²) in [6.45, 7) is 13.6. The molecule has 0 aromatic rings. The predicted octanol–water partition coefficient (Wildman–Crippen LogP) is 4.80. The van der Waals surface area contributed by atoms with Gasteiger partial charge in [0.1, 0.15) is 0 Å². The molecule has 11 nitrogen and oxygen atoms in total. The number of rotatable bonds is 12. The highest BCUT2D eigenvalue weighted by Gasteiger charge is 2.44. The van der Waals surface area contributed by atoms with Gasteiger partial charge in [0.15, 0.2) is 0 Å². The second-order valence-corrected chi connectivity index (χ2v) is 13.9. The SMILES string of the molecule is CC1(C)CC(N=C=O)CC(C)(CN(CCOCCN(CC2(C)CC(N=C=O)CC(C)(C)C2)C(=O)O)C(=O)O)C1. The van der Waals surface area contributed by atoms with Crippen molar-refractivity contribution < 1.29 is 34.1 Å². The molecule has 0 bridgehead atoms. The average molecular weight is 551 g/mol. The van der Waals surface area contributed by atoms with Gasteiger partial charge >= 0.3 is 12.2 Å². The summed E-state index contributed by atoms with van der Waals surface area (Å²) in [7, 11) is 0. The van der Waals surface area contributed by atoms with E-state index in [1.807, 2.05) is 13.8 Å². The van der Waals surface area contributed by atoms with Gasteiger partial charge in [0.25, 0.3) is 0 Å². The minimum Gasteiger partial charge on any atom is -0.465 e. The summed E-state index contributed by atoms with van der Waals surface area (Å²) in [6.07, 6.45) is 5.55. The van der Waals surface area contributed by atoms with Gasteiger partial charge < -0.3 is 24.7 Å². The van der Waals surface area contributed by atoms with Crippen molar-refractivity contribution in [3.63, 3.8) is 0 Å². The lowest BCUT2D eigenvalue weighted by Gasteiger charge is -2.46. The Morgan fingerprint density at radius 1 is 0.744 bits per heavy atom. The fourth-order valence-electron chi connectivity index (χ4n) is 7.59. The van der Waals surface area contributed by atoms with E-state index in [9.17, 15) is 29.4 Å². The van der Waals surface area contributed by atoms with E-state index in [0.717, 1.165) is 25.7 Å². The van der Waals surface area contributed by atoms with Crippen LogP contribution in [0.5, 0.6) is 0 Å². The lowest BCUT2D eigenvalue weighted by molar-refractivity contribution is 0.0223. The number of isocyanates is 2. The first-order chi connectivity index (χ1) is 18.0. The Labute approximate surface area is 231 Å². The van der Waals surface area contributed by atoms with Crippen LogP contribution in [0.2, 0.25) is 0 Å². The number of ether oxygens (including phenoxy) is 1. The molecule has 0 spiro atoms. The number of nitrogens with zero attached hydrogens (tertiary/aromatic N) is 4. The summed E-state index contributed by atoms with van der Waals surface area (Å²) in [5.74, 6) is 0. The van der Waals surface area contributed by atoms with Crippen LogP contribution in [-0.2, 0) is 14.3 Å². The Balaban J connectivity index is 1.92. The second-order valence-electron chi connectivity index (χ2n) is 13.9. The van der Waals surface area contributed by atoms with Gasteiger partial charge in [0.2, 0.25) is 12.2 Å². The van der Waals surface area contributed by atoms with Crippen LogP contribution < -0.4 is 0 Å². The number of carboxylic acid groups (broad SMARTS) is 2. The van der Waals surface area contributed by atoms with Crippen molar-refractivity contribution in [1.29, 1.82) is 0 Å². The maximum Gasteiger partial charge on any atom is 0.407 e. The van der Waals surface area contributed by atoms with Gasteiger partial charge in [-0.3, -0.25) is 0 Å². The minimum atomic E-state index is -1.05. The fraction of sp³-hybridized carbons (Fsp3) is 0.857. The van der Waals surface area contributed by atoms with E-state index in [0.29, 0.717) is 25.9 Å². The molecule has 2 fully saturated rings. The molecule has 0 saturated heterocycles. The van der Waals surface area contributed by atoms with Crippen molar-refractivity contribution in [2.24, 2.45) is 31.6 Å². The summed E-state index contributed by atoms with van der Waals surface area (Å²) < 4.78 is 5.69. The summed E-state index contributed by atoms with van der Waals surface area (Å²) in [5.41, 5.74) is -0.855. The zero-order chi connectivity index (χ0) is 29.5. The molecule has 220 valence electrons. The number of carbonyl (C=O) groups is 2. The molecule has 2 aliphatic carbocycles. The van der Waals surface area contributed by atoms with Crippen LogP contribution in [0.4, 0.5) is 9.59 Å². The maximum atomic E-state index is 12.0. The molecule has 39 heavy (non-hydrogen) atoms. The molecule has 4 atom stereocenters. The van der Waals surface area contributed by atoms with Crippen LogP contribution in [0.3, 0.4) is 0 Å². The van der Waals surface area contributed by atoms with Crippen LogP contribution in [0.25, 0.3) is 0 Å². The number of hydrogen-bond acceptors (Lipinski definition) is 7. The largest absolute Gasteiger partial charge is 0.465 e. The molecular weight excluding hydrogens is 504 g/mol. The van der Waals surface area contributed by atoms with E-state index in [1.54, 1.807) is 12.2 Å². The average Bonchev–Trinajstić information content (AvgIpc) is 2.74. The van der Waals surface area contributed by atoms with E-state index < -0.39 is 12.2 Å². The Morgan fingerprint density at radius 3 is 1.41 bits per heavy atom. The molecule has 0 aromatic heterocycles. The molecule has 2 rings (SSSR count). The minimum absolute atomic E-state index is 0.0806. The molecule has 2 aliphatic rings. The molecule has 4 unspecified atom stereocenters. The molecule has 2 saturated carbocycles. The second kappa shape index (κ2) is 13.1. The van der Waals surface area contributed by atoms with Gasteiger partial charge in [-0.2, -0.15) is 0 Å². The smallest absolute Gasteiger partial charge is 0.407 e. The third-order valence-electron chi connectivity index (χ3n) is 8.01. The van der Waals surface area contributed by atoms with E-state index in [2.05, 4.69) is 37.7 Å². The first-order valence-electron chi connectivity index (χ1n) is 13.7. The van der Waals surface area contributed by atoms with Gasteiger partial charge in [-0.1, -0.05) is 41.5 Å². The Morgan fingerprint density at radius 2 is 1.10 bits per heavy atom. The molecule has 2 N–H and O–H groups in total. The van der Waals surface area contributed by atoms with Gasteiger partial charge in [-0.05, 0) is 60.2 Å². The third-order valence-corrected chi connectivity index (χ3v) is 8.01. The zero-order valence-corrected chi connectivity index (χ0v) is 24.4. The Bertz CT molecular complexity index is 897. The molecule has 0 aromatic carbocycles. The summed E-state index contributed by atoms with van der Waals surface area (Å²) in [4.78, 5) is 56.2. The van der Waals surface area contributed by atoms with Crippen LogP contribution in [0.1, 0.15) is 80.1 Å². The lowest BCUT2D eigenvalue weighted by Crippen LogP contribution is -2.47. The van der Waals surface area contributed by atoms with Crippen LogP contribution >= 0.6 is 0 Å². The number of amides is 2. The number of hydrogen-bond donors (Lipinski definition) is 2. The molecule has 2 amide bonds. The first-order valence-corrected chi connectivity index (χ1v) is 13.7.